The molecule has 0 unspecified atom stereocenters. The molecule has 0 bridgehead atoms. The molecule has 12 aromatic rings. The van der Waals surface area contributed by atoms with Crippen molar-refractivity contribution in [2.45, 2.75) is 0 Å². The maximum Gasteiger partial charge on any atom is 0.238 e. The van der Waals surface area contributed by atoms with Crippen LogP contribution in [0, 0.1) is 0 Å². The van der Waals surface area contributed by atoms with Crippen LogP contribution in [0.4, 0.5) is 0 Å². The fraction of sp³-hybridized carbons (Fsp3) is 0. The van der Waals surface area contributed by atoms with Crippen molar-refractivity contribution in [1.82, 2.24) is 19.5 Å². The molecule has 242 valence electrons. The van der Waals surface area contributed by atoms with Crippen LogP contribution in [0.1, 0.15) is 13.7 Å². The molecule has 52 heavy (non-hydrogen) atoms. The largest absolute Gasteiger partial charge is 0.456 e. The Labute approximate surface area is 308 Å². The summed E-state index contributed by atoms with van der Waals surface area (Å²) < 4.78 is 109. The van der Waals surface area contributed by atoms with Crippen molar-refractivity contribution in [3.63, 3.8) is 0 Å². The van der Waals surface area contributed by atoms with Crippen LogP contribution in [-0.2, 0) is 0 Å². The molecular formula is C45H24N4O3. The van der Waals surface area contributed by atoms with Crippen molar-refractivity contribution < 1.29 is 27.0 Å². The zero-order valence-electron chi connectivity index (χ0n) is 36.6. The Kier molecular flexibility index (Phi) is 3.87. The number of benzene rings is 7. The van der Waals surface area contributed by atoms with Gasteiger partial charge in [0.2, 0.25) is 5.95 Å². The second-order valence-electron chi connectivity index (χ2n) is 12.4. The van der Waals surface area contributed by atoms with E-state index in [0.717, 1.165) is 21.5 Å². The van der Waals surface area contributed by atoms with Crippen LogP contribution < -0.4 is 0 Å². The van der Waals surface area contributed by atoms with E-state index in [4.69, 9.17) is 37.8 Å². The summed E-state index contributed by atoms with van der Waals surface area (Å²) >= 11 is 0. The summed E-state index contributed by atoms with van der Waals surface area (Å²) in [6, 6.07) is 21.3. The van der Waals surface area contributed by atoms with Gasteiger partial charge >= 0.3 is 0 Å². The molecule has 0 spiro atoms. The Morgan fingerprint density at radius 2 is 1.00 bits per heavy atom. The van der Waals surface area contributed by atoms with Crippen molar-refractivity contribution in [3.05, 3.63) is 145 Å². The van der Waals surface area contributed by atoms with Gasteiger partial charge in [0.1, 0.15) is 33.5 Å². The molecule has 0 aliphatic heterocycles. The van der Waals surface area contributed by atoms with Crippen LogP contribution in [-0.4, -0.2) is 19.5 Å². The van der Waals surface area contributed by atoms with Crippen molar-refractivity contribution >= 4 is 87.6 Å². The summed E-state index contributed by atoms with van der Waals surface area (Å²) in [6.45, 7) is 0. The van der Waals surface area contributed by atoms with Gasteiger partial charge in [0.05, 0.1) is 24.7 Å². The number of hydrogen-bond acceptors (Lipinski definition) is 6. The number of para-hydroxylation sites is 4. The topological polar surface area (TPSA) is 83.0 Å². The minimum Gasteiger partial charge on any atom is -0.456 e. The number of hydrogen-bond donors (Lipinski definition) is 0. The van der Waals surface area contributed by atoms with Crippen molar-refractivity contribution in [1.29, 1.82) is 0 Å². The van der Waals surface area contributed by atoms with E-state index in [0.29, 0.717) is 33.5 Å². The van der Waals surface area contributed by atoms with Crippen LogP contribution in [0.25, 0.3) is 116 Å². The molecular weight excluding hydrogens is 645 g/mol. The molecule has 0 saturated carbocycles. The predicted octanol–water partition coefficient (Wildman–Crippen LogP) is 12.0. The molecule has 0 aliphatic rings. The van der Waals surface area contributed by atoms with Gasteiger partial charge in [-0.1, -0.05) is 84.8 Å². The molecule has 5 aromatic heterocycles. The normalized spacial score (nSPS) is 14.9. The lowest BCUT2D eigenvalue weighted by atomic mass is 10.1. The highest BCUT2D eigenvalue weighted by molar-refractivity contribution is 6.17. The van der Waals surface area contributed by atoms with Gasteiger partial charge < -0.3 is 13.3 Å². The summed E-state index contributed by atoms with van der Waals surface area (Å²) in [6.07, 6.45) is 0. The minimum absolute atomic E-state index is 0.0875. The second-order valence-corrected chi connectivity index (χ2v) is 12.4. The number of fused-ring (bicyclic) bond motifs is 12. The lowest BCUT2D eigenvalue weighted by Crippen LogP contribution is -2.06. The average molecular weight is 679 g/mol. The quantitative estimate of drug-likeness (QED) is 0.185. The molecule has 7 aromatic carbocycles. The van der Waals surface area contributed by atoms with E-state index >= 15 is 0 Å². The van der Waals surface area contributed by atoms with E-state index < -0.39 is 54.4 Å². The van der Waals surface area contributed by atoms with Gasteiger partial charge in [-0.15, -0.1) is 0 Å². The smallest absolute Gasteiger partial charge is 0.238 e. The molecule has 0 radical (unpaired) electrons. The summed E-state index contributed by atoms with van der Waals surface area (Å²) in [5.41, 5.74) is 2.80. The molecule has 7 heteroatoms. The molecule has 0 amide bonds. The van der Waals surface area contributed by atoms with E-state index in [1.54, 1.807) is 12.1 Å². The number of rotatable bonds is 3. The Morgan fingerprint density at radius 1 is 0.423 bits per heavy atom. The Bertz CT molecular complexity index is 3890. The van der Waals surface area contributed by atoms with Gasteiger partial charge in [-0.25, -0.2) is 4.98 Å². The number of nitrogens with zero attached hydrogens (tertiary/aromatic N) is 4. The maximum atomic E-state index is 9.68. The van der Waals surface area contributed by atoms with E-state index in [9.17, 15) is 4.11 Å². The molecule has 5 heterocycles. The lowest BCUT2D eigenvalue weighted by molar-refractivity contribution is 0.668. The third kappa shape index (κ3) is 3.87. The fourth-order valence-corrected chi connectivity index (χ4v) is 7.15. The van der Waals surface area contributed by atoms with Gasteiger partial charge in [-0.2, -0.15) is 9.97 Å². The first-order valence-corrected chi connectivity index (χ1v) is 16.4. The van der Waals surface area contributed by atoms with E-state index in [-0.39, 0.29) is 67.4 Å². The maximum absolute atomic E-state index is 9.68. The van der Waals surface area contributed by atoms with Crippen LogP contribution in [0.15, 0.2) is 159 Å². The highest BCUT2D eigenvalue weighted by Crippen LogP contribution is 2.39. The van der Waals surface area contributed by atoms with E-state index in [1.807, 2.05) is 72.8 Å². The van der Waals surface area contributed by atoms with Crippen LogP contribution in [0.3, 0.4) is 0 Å². The van der Waals surface area contributed by atoms with Crippen molar-refractivity contribution in [2.24, 2.45) is 0 Å². The predicted molar refractivity (Wildman–Crippen MR) is 207 cm³/mol. The zero-order valence-corrected chi connectivity index (χ0v) is 26.6. The van der Waals surface area contributed by atoms with E-state index in [2.05, 4.69) is 0 Å². The molecule has 0 aliphatic carbocycles. The van der Waals surface area contributed by atoms with Crippen LogP contribution >= 0.6 is 0 Å². The highest BCUT2D eigenvalue weighted by atomic mass is 16.3. The SMILES string of the molecule is [2H]c1c([2H])c([2H])c2c(oc3c([2H])c4c(c([2H])c32)c2c([2H])c([2H])c([2H])c([2H])c2n4-c2nc(-c3ccc4c(c3)oc3ccccc34)nc(-c3ccc4c(c3)oc3ccccc34)n2)c1[2H]. The fourth-order valence-electron chi connectivity index (χ4n) is 7.15. The van der Waals surface area contributed by atoms with Gasteiger partial charge in [0, 0.05) is 60.3 Å². The zero-order chi connectivity index (χ0) is 42.6. The monoisotopic (exact) mass is 678 g/mol. The third-order valence-electron chi connectivity index (χ3n) is 9.52. The Morgan fingerprint density at radius 3 is 1.69 bits per heavy atom. The van der Waals surface area contributed by atoms with E-state index in [1.165, 1.54) is 4.57 Å². The lowest BCUT2D eigenvalue weighted by Gasteiger charge is -2.11. The minimum atomic E-state index is -0.582. The number of aromatic nitrogens is 4. The first-order valence-electron chi connectivity index (χ1n) is 21.4. The molecule has 0 fully saturated rings. The molecule has 0 saturated heterocycles. The summed E-state index contributed by atoms with van der Waals surface area (Å²) in [5, 5.41) is 3.14. The van der Waals surface area contributed by atoms with Crippen LogP contribution in [0.5, 0.6) is 0 Å². The van der Waals surface area contributed by atoms with Crippen molar-refractivity contribution in [3.8, 4) is 28.7 Å². The summed E-state index contributed by atoms with van der Waals surface area (Å²) in [5.74, 6) is 0.148. The molecule has 0 N–H and O–H groups in total. The first kappa shape index (κ1) is 19.8. The first-order chi connectivity index (χ1) is 29.9. The van der Waals surface area contributed by atoms with Gasteiger partial charge in [0.15, 0.2) is 11.6 Å². The summed E-state index contributed by atoms with van der Waals surface area (Å²) in [7, 11) is 0. The Balaban J connectivity index is 1.22. The van der Waals surface area contributed by atoms with Gasteiger partial charge in [-0.05, 0) is 54.5 Å². The highest BCUT2D eigenvalue weighted by Gasteiger charge is 2.21. The molecule has 7 nitrogen and oxygen atoms in total. The second kappa shape index (κ2) is 10.2. The third-order valence-corrected chi connectivity index (χ3v) is 9.52. The van der Waals surface area contributed by atoms with Gasteiger partial charge in [-0.3, -0.25) is 4.57 Å². The summed E-state index contributed by atoms with van der Waals surface area (Å²) in [4.78, 5) is 14.8. The average Bonchev–Trinajstić information content (AvgIpc) is 4.07. The Hall–Kier alpha value is -7.25. The standard InChI is InChI=1S/C45H24N4O3/c1-5-13-35-27(9-1)33-23-34-30-12-4-8-16-39(30)52-42(34)24-36(33)49(35)45-47-43(25-17-19-31-28-10-2-6-14-37(28)50-40(31)21-25)46-44(48-45)26-18-20-32-29-11-3-7-15-38(29)51-41(32)22-26/h1-24H/i1D,4D,5D,8D,9D,12D,13D,16D,23D,24D. The molecule has 0 atom stereocenters. The van der Waals surface area contributed by atoms with Crippen LogP contribution in [0.2, 0.25) is 0 Å². The van der Waals surface area contributed by atoms with Gasteiger partial charge in [0.25, 0.3) is 0 Å². The molecule has 12 rings (SSSR count). The van der Waals surface area contributed by atoms with Crippen molar-refractivity contribution in [2.75, 3.05) is 0 Å². The number of furan rings is 3.